The second kappa shape index (κ2) is 10.2. The number of hydrogen-bond donors (Lipinski definition) is 2. The minimum atomic E-state index is 0. The quantitative estimate of drug-likeness (QED) is 0.200. The first-order valence-corrected chi connectivity index (χ1v) is 10.7. The third-order valence-corrected chi connectivity index (χ3v) is 5.94. The van der Waals surface area contributed by atoms with E-state index in [2.05, 4.69) is 38.6 Å². The van der Waals surface area contributed by atoms with Gasteiger partial charge in [0, 0.05) is 17.6 Å². The van der Waals surface area contributed by atoms with Gasteiger partial charge in [0.25, 0.3) is 0 Å². The van der Waals surface area contributed by atoms with Crippen molar-refractivity contribution in [1.82, 2.24) is 20.6 Å². The molecule has 2 N–H and O–H groups in total. The van der Waals surface area contributed by atoms with Gasteiger partial charge >= 0.3 is 0 Å². The van der Waals surface area contributed by atoms with Crippen molar-refractivity contribution in [3.63, 3.8) is 0 Å². The topological polar surface area (TPSA) is 75.3 Å². The third-order valence-electron chi connectivity index (χ3n) is 3.98. The first-order chi connectivity index (χ1) is 13.7. The Bertz CT molecular complexity index is 1070. The number of fused-ring (bicyclic) bond motifs is 1. The zero-order chi connectivity index (χ0) is 19.3. The molecule has 4 aromatic rings. The van der Waals surface area contributed by atoms with Crippen LogP contribution in [-0.4, -0.2) is 22.5 Å². The summed E-state index contributed by atoms with van der Waals surface area (Å²) in [6.07, 6.45) is 1.89. The van der Waals surface area contributed by atoms with Gasteiger partial charge in [-0.1, -0.05) is 12.1 Å². The Morgan fingerprint density at radius 3 is 2.76 bits per heavy atom. The lowest BCUT2D eigenvalue weighted by Crippen LogP contribution is -2.36. The molecule has 29 heavy (non-hydrogen) atoms. The van der Waals surface area contributed by atoms with Crippen molar-refractivity contribution in [2.75, 3.05) is 6.54 Å². The van der Waals surface area contributed by atoms with Gasteiger partial charge in [0.2, 0.25) is 0 Å². The molecule has 1 aromatic carbocycles. The second-order valence-corrected chi connectivity index (χ2v) is 8.52. The van der Waals surface area contributed by atoms with Crippen molar-refractivity contribution in [2.24, 2.45) is 4.99 Å². The third kappa shape index (κ3) is 5.55. The summed E-state index contributed by atoms with van der Waals surface area (Å²) in [6.45, 7) is 6.00. The molecule has 0 radical (unpaired) electrons. The summed E-state index contributed by atoms with van der Waals surface area (Å²) < 4.78 is 7.13. The fourth-order valence-electron chi connectivity index (χ4n) is 2.70. The maximum Gasteiger partial charge on any atom is 0.192 e. The van der Waals surface area contributed by atoms with Gasteiger partial charge in [-0.2, -0.15) is 0 Å². The number of para-hydroxylation sites is 1. The van der Waals surface area contributed by atoms with E-state index in [0.29, 0.717) is 13.1 Å². The molecule has 3 heterocycles. The Morgan fingerprint density at radius 2 is 2.00 bits per heavy atom. The summed E-state index contributed by atoms with van der Waals surface area (Å²) >= 11 is 3.32. The van der Waals surface area contributed by atoms with Gasteiger partial charge in [-0.05, 0) is 38.1 Å². The van der Waals surface area contributed by atoms with Crippen molar-refractivity contribution < 1.29 is 4.42 Å². The zero-order valence-corrected chi connectivity index (χ0v) is 20.1. The predicted molar refractivity (Wildman–Crippen MR) is 131 cm³/mol. The zero-order valence-electron chi connectivity index (χ0n) is 16.1. The molecule has 0 aliphatic carbocycles. The average Bonchev–Trinajstić information content (AvgIpc) is 3.42. The molecule has 3 aromatic heterocycles. The number of nitrogens with one attached hydrogen (secondary N) is 2. The molecule has 0 bridgehead atoms. The smallest absolute Gasteiger partial charge is 0.192 e. The number of nitrogens with zero attached hydrogens (tertiary/aromatic N) is 3. The largest absolute Gasteiger partial charge is 0.457 e. The van der Waals surface area contributed by atoms with Crippen molar-refractivity contribution >= 4 is 62.8 Å². The minimum Gasteiger partial charge on any atom is -0.457 e. The molecule has 0 amide bonds. The van der Waals surface area contributed by atoms with Crippen LogP contribution in [0, 0.1) is 6.92 Å². The Kier molecular flexibility index (Phi) is 7.62. The number of aliphatic imine (C=N–C) groups is 1. The van der Waals surface area contributed by atoms with E-state index in [-0.39, 0.29) is 24.0 Å². The molecule has 0 spiro atoms. The maximum absolute atomic E-state index is 5.97. The lowest BCUT2D eigenvalue weighted by Gasteiger charge is -2.09. The predicted octanol–water partition coefficient (Wildman–Crippen LogP) is 5.19. The number of rotatable bonds is 6. The highest BCUT2D eigenvalue weighted by Gasteiger charge is 2.10. The summed E-state index contributed by atoms with van der Waals surface area (Å²) in [5.74, 6) is 2.33. The van der Waals surface area contributed by atoms with E-state index < -0.39 is 0 Å². The maximum atomic E-state index is 5.97. The highest BCUT2D eigenvalue weighted by molar-refractivity contribution is 14.0. The number of aryl methyl sites for hydroxylation is 1. The molecular formula is C20H22IN5OS2. The first-order valence-electron chi connectivity index (χ1n) is 9.09. The van der Waals surface area contributed by atoms with Gasteiger partial charge in [0.15, 0.2) is 16.7 Å². The first kappa shape index (κ1) is 21.7. The van der Waals surface area contributed by atoms with Crippen LogP contribution in [0.5, 0.6) is 0 Å². The summed E-state index contributed by atoms with van der Waals surface area (Å²) in [6, 6.07) is 12.0. The summed E-state index contributed by atoms with van der Waals surface area (Å²) in [7, 11) is 0. The Balaban J connectivity index is 0.00000240. The number of benzene rings is 1. The van der Waals surface area contributed by atoms with Gasteiger partial charge in [0.1, 0.15) is 17.3 Å². The molecule has 0 unspecified atom stereocenters. The van der Waals surface area contributed by atoms with E-state index in [4.69, 9.17) is 4.42 Å². The molecule has 0 aliphatic heterocycles. The number of halogens is 1. The van der Waals surface area contributed by atoms with Crippen LogP contribution in [0.2, 0.25) is 0 Å². The molecule has 152 valence electrons. The van der Waals surface area contributed by atoms with Crippen LogP contribution in [0.25, 0.3) is 21.0 Å². The second-order valence-electron chi connectivity index (χ2n) is 6.17. The Hall–Kier alpha value is -1.98. The van der Waals surface area contributed by atoms with Crippen molar-refractivity contribution in [1.29, 1.82) is 0 Å². The molecule has 0 fully saturated rings. The number of thiazole rings is 2. The number of guanidine groups is 1. The van der Waals surface area contributed by atoms with Crippen LogP contribution in [0.1, 0.15) is 22.6 Å². The lowest BCUT2D eigenvalue weighted by molar-refractivity contribution is 0.524. The highest BCUT2D eigenvalue weighted by Crippen LogP contribution is 2.31. The van der Waals surface area contributed by atoms with Gasteiger partial charge in [-0.3, -0.25) is 0 Å². The fourth-order valence-corrected chi connectivity index (χ4v) is 4.35. The Labute approximate surface area is 194 Å². The number of aromatic nitrogens is 2. The van der Waals surface area contributed by atoms with E-state index in [0.717, 1.165) is 44.3 Å². The molecule has 0 saturated heterocycles. The average molecular weight is 539 g/mol. The van der Waals surface area contributed by atoms with Gasteiger partial charge in [-0.15, -0.1) is 46.7 Å². The molecule has 9 heteroatoms. The van der Waals surface area contributed by atoms with E-state index in [9.17, 15) is 0 Å². The lowest BCUT2D eigenvalue weighted by atomic mass is 10.3. The number of furan rings is 1. The highest BCUT2D eigenvalue weighted by atomic mass is 127. The number of hydrogen-bond acceptors (Lipinski definition) is 6. The van der Waals surface area contributed by atoms with Crippen molar-refractivity contribution in [3.05, 3.63) is 58.2 Å². The van der Waals surface area contributed by atoms with E-state index in [1.165, 1.54) is 4.88 Å². The monoisotopic (exact) mass is 539 g/mol. The van der Waals surface area contributed by atoms with Gasteiger partial charge < -0.3 is 15.1 Å². The molecule has 6 nitrogen and oxygen atoms in total. The van der Waals surface area contributed by atoms with Crippen molar-refractivity contribution in [3.8, 4) is 10.8 Å². The van der Waals surface area contributed by atoms with Gasteiger partial charge in [0.05, 0.1) is 16.8 Å². The minimum absolute atomic E-state index is 0. The molecule has 0 aliphatic rings. The van der Waals surface area contributed by atoms with Crippen molar-refractivity contribution in [2.45, 2.75) is 26.9 Å². The summed E-state index contributed by atoms with van der Waals surface area (Å²) in [5.41, 5.74) is 0.995. The fraction of sp³-hybridized carbons (Fsp3) is 0.250. The molecular weight excluding hydrogens is 517 g/mol. The van der Waals surface area contributed by atoms with Crippen LogP contribution in [0.15, 0.2) is 52.0 Å². The van der Waals surface area contributed by atoms with Crippen LogP contribution < -0.4 is 10.6 Å². The van der Waals surface area contributed by atoms with Gasteiger partial charge in [-0.25, -0.2) is 15.0 Å². The molecule has 0 saturated carbocycles. The Morgan fingerprint density at radius 1 is 1.14 bits per heavy atom. The standard InChI is InChI=1S/C20H21N5OS2.HI/c1-3-21-20(24-12-18-22-10-13(2)27-18)23-11-14-8-9-16(26-14)19-25-15-6-4-5-7-17(15)28-19;/h4-10H,3,11-12H2,1-2H3,(H2,21,23,24);1H. The summed E-state index contributed by atoms with van der Waals surface area (Å²) in [4.78, 5) is 14.8. The molecule has 0 atom stereocenters. The normalized spacial score (nSPS) is 11.4. The van der Waals surface area contributed by atoms with Crippen LogP contribution in [0.3, 0.4) is 0 Å². The van der Waals surface area contributed by atoms with E-state index in [1.54, 1.807) is 22.7 Å². The van der Waals surface area contributed by atoms with Crippen LogP contribution in [-0.2, 0) is 13.1 Å². The van der Waals surface area contributed by atoms with Crippen LogP contribution in [0.4, 0.5) is 0 Å². The van der Waals surface area contributed by atoms with E-state index in [1.807, 2.05) is 43.5 Å². The SMILES string of the molecule is CCNC(=NCc1ccc(-c2nc3ccccc3s2)o1)NCc1ncc(C)s1.I. The molecule has 4 rings (SSSR count). The van der Waals surface area contributed by atoms with Crippen LogP contribution >= 0.6 is 46.7 Å². The summed E-state index contributed by atoms with van der Waals surface area (Å²) in [5, 5.41) is 8.49. The van der Waals surface area contributed by atoms with E-state index >= 15 is 0 Å².